The molecule has 0 bridgehead atoms. The molecule has 0 fully saturated rings. The predicted molar refractivity (Wildman–Crippen MR) is 237 cm³/mol. The van der Waals surface area contributed by atoms with Gasteiger partial charge >= 0.3 is 0 Å². The first-order valence-corrected chi connectivity index (χ1v) is 17.8. The Balaban J connectivity index is 1.15. The van der Waals surface area contributed by atoms with Crippen molar-refractivity contribution in [2.45, 2.75) is 0 Å². The van der Waals surface area contributed by atoms with E-state index in [1.165, 1.54) is 0 Å². The van der Waals surface area contributed by atoms with E-state index >= 15 is 0 Å². The quantitative estimate of drug-likeness (QED) is 0.251. The Hall–Kier alpha value is -6.20. The number of nitrogens with zero attached hydrogens (tertiary/aromatic N) is 3. The van der Waals surface area contributed by atoms with Gasteiger partial charge < -0.3 is 4.42 Å². The number of benzene rings is 7. The molecule has 7 aromatic carbocycles. The molecule has 0 amide bonds. The summed E-state index contributed by atoms with van der Waals surface area (Å²) in [4.78, 5) is 14.9. The van der Waals surface area contributed by atoms with Crippen LogP contribution in [-0.2, 0) is 0 Å². The van der Waals surface area contributed by atoms with Crippen molar-refractivity contribution in [1.82, 2.24) is 15.0 Å². The van der Waals surface area contributed by atoms with Crippen LogP contribution in [0.3, 0.4) is 0 Å². The van der Waals surface area contributed by atoms with Crippen LogP contribution in [0.5, 0.6) is 0 Å². The second kappa shape index (κ2) is 14.1. The van der Waals surface area contributed by atoms with E-state index in [-0.39, 0.29) is 43.9 Å². The third-order valence-electron chi connectivity index (χ3n) is 10.2. The Bertz CT molecular complexity index is 2850. The zero-order chi connectivity index (χ0) is 38.7. The van der Waals surface area contributed by atoms with Crippen molar-refractivity contribution >= 4 is 115 Å². The van der Waals surface area contributed by atoms with E-state index in [0.717, 1.165) is 38.9 Å². The van der Waals surface area contributed by atoms with Gasteiger partial charge in [0.25, 0.3) is 0 Å². The first-order valence-electron chi connectivity index (χ1n) is 17.8. The lowest BCUT2D eigenvalue weighted by atomic mass is 9.64. The minimum absolute atomic E-state index is 0.119. The number of hydrogen-bond acceptors (Lipinski definition) is 4. The summed E-state index contributed by atoms with van der Waals surface area (Å²) in [6.07, 6.45) is 0. The largest absolute Gasteiger partial charge is 0.457 e. The summed E-state index contributed by atoms with van der Waals surface area (Å²) in [5.41, 5.74) is 9.88. The van der Waals surface area contributed by atoms with Gasteiger partial charge in [-0.1, -0.05) is 161 Å². The van der Waals surface area contributed by atoms with Gasteiger partial charge in [-0.3, -0.25) is 0 Å². The van der Waals surface area contributed by atoms with Gasteiger partial charge in [0, 0.05) is 27.5 Å². The molecule has 56 heavy (non-hydrogen) atoms. The van der Waals surface area contributed by atoms with Crippen LogP contribution < -0.4 is 38.2 Å². The average molecular weight is 696 g/mol. The maximum absolute atomic E-state index is 6.85. The normalized spacial score (nSPS) is 11.4. The molecular weight excluding hydrogens is 674 g/mol. The smallest absolute Gasteiger partial charge is 0.164 e. The van der Waals surface area contributed by atoms with E-state index in [0.29, 0.717) is 44.8 Å². The lowest BCUT2D eigenvalue weighted by Crippen LogP contribution is -2.47. The van der Waals surface area contributed by atoms with Crippen LogP contribution in [-0.4, -0.2) is 69.9 Å². The molecule has 4 nitrogen and oxygen atoms in total. The highest BCUT2D eigenvalue weighted by Gasteiger charge is 2.22. The Morgan fingerprint density at radius 2 is 0.607 bits per heavy atom. The van der Waals surface area contributed by atoms with Crippen molar-refractivity contribution in [2.24, 2.45) is 0 Å². The summed E-state index contributed by atoms with van der Waals surface area (Å²) < 4.78 is 6.07. The second-order valence-corrected chi connectivity index (χ2v) is 13.6. The third-order valence-corrected chi connectivity index (χ3v) is 10.2. The van der Waals surface area contributed by atoms with Crippen molar-refractivity contribution in [1.29, 1.82) is 0 Å². The molecule has 0 N–H and O–H groups in total. The molecule has 2 heterocycles. The van der Waals surface area contributed by atoms with E-state index < -0.39 is 0 Å². The Kier molecular flexibility index (Phi) is 8.97. The van der Waals surface area contributed by atoms with Crippen LogP contribution in [0.2, 0.25) is 0 Å². The maximum Gasteiger partial charge on any atom is 0.164 e. The van der Waals surface area contributed by atoms with E-state index in [2.05, 4.69) is 48.5 Å². The van der Waals surface area contributed by atoms with Gasteiger partial charge in [-0.25, -0.2) is 15.0 Å². The molecule has 0 aliphatic carbocycles. The molecule has 9 aromatic rings. The third kappa shape index (κ3) is 6.03. The molecule has 11 heteroatoms. The number of fused-ring (bicyclic) bond motifs is 3. The molecule has 0 aliphatic rings. The summed E-state index contributed by atoms with van der Waals surface area (Å²) in [5, 5.41) is 0.870. The molecule has 0 saturated heterocycles. The Morgan fingerprint density at radius 3 is 1.04 bits per heavy atom. The summed E-state index contributed by atoms with van der Waals surface area (Å²) in [6, 6.07) is 44.4. The van der Waals surface area contributed by atoms with Gasteiger partial charge in [-0.2, -0.15) is 0 Å². The fourth-order valence-corrected chi connectivity index (χ4v) is 7.14. The van der Waals surface area contributed by atoms with Crippen LogP contribution in [0.15, 0.2) is 138 Å². The molecule has 244 valence electrons. The highest BCUT2D eigenvalue weighted by Crippen LogP contribution is 2.31. The zero-order valence-electron chi connectivity index (χ0n) is 30.0. The molecule has 0 unspecified atom stereocenters. The number of hydrogen-bond donors (Lipinski definition) is 0. The van der Waals surface area contributed by atoms with Crippen molar-refractivity contribution in [3.8, 4) is 67.5 Å². The molecule has 2 aromatic heterocycles. The van der Waals surface area contributed by atoms with Crippen LogP contribution in [0.4, 0.5) is 0 Å². The van der Waals surface area contributed by atoms with Crippen LogP contribution >= 0.6 is 0 Å². The summed E-state index contributed by atoms with van der Waals surface area (Å²) >= 11 is 0. The summed E-state index contributed by atoms with van der Waals surface area (Å²) in [7, 11) is 45.1. The second-order valence-electron chi connectivity index (χ2n) is 13.6. The standard InChI is InChI=1S/C45H22B7N3O/c46-34-31(35(47)39(51)41-32(34)33-36(48)37(49)38(50)40(52)42(33)56-41)27-15-21-30(22-16-27)45-54-43(28-17-11-25(12-18-28)23-7-3-1-4-8-23)53-44(55-45)29-19-13-26(14-20-29)24-9-5-2-6-10-24/h1-22H. The van der Waals surface area contributed by atoms with Gasteiger partial charge in [0.05, 0.1) is 0 Å². The minimum Gasteiger partial charge on any atom is -0.457 e. The lowest BCUT2D eigenvalue weighted by Gasteiger charge is -2.17. The fourth-order valence-electron chi connectivity index (χ4n) is 7.14. The van der Waals surface area contributed by atoms with Gasteiger partial charge in [0.15, 0.2) is 17.5 Å². The predicted octanol–water partition coefficient (Wildman–Crippen LogP) is 3.33. The number of furan rings is 1. The molecular formula is C45H22B7N3O. The first-order chi connectivity index (χ1) is 27.2. The van der Waals surface area contributed by atoms with Crippen molar-refractivity contribution in [3.05, 3.63) is 133 Å². The topological polar surface area (TPSA) is 51.8 Å². The van der Waals surface area contributed by atoms with E-state index in [1.807, 2.05) is 84.9 Å². The summed E-state index contributed by atoms with van der Waals surface area (Å²) in [5.74, 6) is 1.57. The monoisotopic (exact) mass is 697 g/mol. The van der Waals surface area contributed by atoms with E-state index in [4.69, 9.17) is 74.3 Å². The molecule has 0 saturated carbocycles. The molecule has 9 rings (SSSR count). The van der Waals surface area contributed by atoms with Crippen molar-refractivity contribution in [2.75, 3.05) is 0 Å². The van der Waals surface area contributed by atoms with Gasteiger partial charge in [-0.15, -0.1) is 10.9 Å². The molecule has 0 aliphatic heterocycles. The van der Waals surface area contributed by atoms with Crippen molar-refractivity contribution in [3.63, 3.8) is 0 Å². The van der Waals surface area contributed by atoms with E-state index in [1.54, 1.807) is 0 Å². The minimum atomic E-state index is 0.119. The van der Waals surface area contributed by atoms with Crippen LogP contribution in [0.1, 0.15) is 0 Å². The Morgan fingerprint density at radius 1 is 0.286 bits per heavy atom. The van der Waals surface area contributed by atoms with Crippen LogP contribution in [0, 0.1) is 0 Å². The SMILES string of the molecule is [B]c1c([B])c([B])c2c(oc3c([B])c([B])c(-c4ccc(-c5nc(-c6ccc(-c7ccccc7)cc6)nc(-c6ccc(-c7ccccc7)cc6)n5)cc4)c([B])c32)c1[B]. The Labute approximate surface area is 334 Å². The van der Waals surface area contributed by atoms with Gasteiger partial charge in [-0.05, 0) is 33.4 Å². The highest BCUT2D eigenvalue weighted by atomic mass is 16.3. The average Bonchev–Trinajstić information content (AvgIpc) is 3.67. The number of rotatable bonds is 6. The fraction of sp³-hybridized carbons (Fsp3) is 0. The van der Waals surface area contributed by atoms with E-state index in [9.17, 15) is 0 Å². The molecule has 14 radical (unpaired) electrons. The highest BCUT2D eigenvalue weighted by molar-refractivity contribution is 6.68. The maximum atomic E-state index is 6.85. The zero-order valence-corrected chi connectivity index (χ0v) is 30.0. The first kappa shape index (κ1) is 35.5. The van der Waals surface area contributed by atoms with Crippen LogP contribution in [0.25, 0.3) is 89.5 Å². The molecule has 0 spiro atoms. The van der Waals surface area contributed by atoms with Gasteiger partial charge in [0.2, 0.25) is 0 Å². The summed E-state index contributed by atoms with van der Waals surface area (Å²) in [6.45, 7) is 0. The molecule has 0 atom stereocenters. The lowest BCUT2D eigenvalue weighted by molar-refractivity contribution is 0.675. The van der Waals surface area contributed by atoms with Gasteiger partial charge in [0.1, 0.15) is 66.1 Å². The number of aromatic nitrogens is 3. The van der Waals surface area contributed by atoms with Crippen molar-refractivity contribution < 1.29 is 4.42 Å².